The molecule has 0 unspecified atom stereocenters. The molecule has 0 aliphatic carbocycles. The molecule has 0 atom stereocenters. The maximum Gasteiger partial charge on any atom is 0.306 e. The highest BCUT2D eigenvalue weighted by atomic mass is 19.1. The van der Waals surface area contributed by atoms with E-state index in [0.717, 1.165) is 11.4 Å². The summed E-state index contributed by atoms with van der Waals surface area (Å²) < 4.78 is 19.7. The van der Waals surface area contributed by atoms with E-state index in [1.165, 1.54) is 12.3 Å². The van der Waals surface area contributed by atoms with Crippen molar-refractivity contribution in [2.24, 2.45) is 7.05 Å². The molecule has 0 aliphatic heterocycles. The van der Waals surface area contributed by atoms with Gasteiger partial charge in [-0.2, -0.15) is 9.49 Å². The number of hydrogen-bond donors (Lipinski definition) is 0. The second-order valence-corrected chi connectivity index (χ2v) is 4.32. The molecular formula is C14H16FN3O2. The van der Waals surface area contributed by atoms with Crippen LogP contribution in [-0.4, -0.2) is 27.3 Å². The van der Waals surface area contributed by atoms with Crippen molar-refractivity contribution < 1.29 is 13.9 Å². The molecule has 2 aromatic heterocycles. The van der Waals surface area contributed by atoms with Crippen molar-refractivity contribution in [3.63, 3.8) is 0 Å². The van der Waals surface area contributed by atoms with Crippen molar-refractivity contribution >= 4 is 5.97 Å². The first-order chi connectivity index (χ1) is 9.60. The molecule has 0 spiro atoms. The molecule has 0 saturated heterocycles. The Kier molecular flexibility index (Phi) is 4.45. The summed E-state index contributed by atoms with van der Waals surface area (Å²) in [6.45, 7) is 2.15. The summed E-state index contributed by atoms with van der Waals surface area (Å²) >= 11 is 0. The first-order valence-electron chi connectivity index (χ1n) is 6.40. The lowest BCUT2D eigenvalue weighted by Gasteiger charge is -2.00. The van der Waals surface area contributed by atoms with Gasteiger partial charge in [-0.25, -0.2) is 4.98 Å². The van der Waals surface area contributed by atoms with Crippen LogP contribution in [-0.2, 0) is 23.0 Å². The van der Waals surface area contributed by atoms with Gasteiger partial charge in [0.25, 0.3) is 0 Å². The van der Waals surface area contributed by atoms with Crippen LogP contribution in [0.15, 0.2) is 24.4 Å². The zero-order valence-electron chi connectivity index (χ0n) is 11.5. The highest BCUT2D eigenvalue weighted by Gasteiger charge is 2.10. The number of ether oxygens (including phenoxy) is 1. The predicted octanol–water partition coefficient (Wildman–Crippen LogP) is 2.12. The molecule has 106 valence electrons. The lowest BCUT2D eigenvalue weighted by molar-refractivity contribution is -0.143. The average molecular weight is 277 g/mol. The molecule has 0 amide bonds. The summed E-state index contributed by atoms with van der Waals surface area (Å²) in [5, 5.41) is 4.31. The number of halogens is 1. The molecule has 2 aromatic rings. The van der Waals surface area contributed by atoms with Crippen molar-refractivity contribution in [1.29, 1.82) is 0 Å². The number of aryl methyl sites for hydroxylation is 2. The first-order valence-corrected chi connectivity index (χ1v) is 6.40. The Morgan fingerprint density at radius 2 is 2.25 bits per heavy atom. The highest BCUT2D eigenvalue weighted by molar-refractivity contribution is 5.69. The number of pyridine rings is 1. The molecule has 20 heavy (non-hydrogen) atoms. The molecule has 2 rings (SSSR count). The van der Waals surface area contributed by atoms with E-state index >= 15 is 0 Å². The molecule has 0 saturated carbocycles. The Morgan fingerprint density at radius 1 is 1.45 bits per heavy atom. The number of esters is 1. The quantitative estimate of drug-likeness (QED) is 0.620. The van der Waals surface area contributed by atoms with E-state index in [4.69, 9.17) is 4.74 Å². The minimum Gasteiger partial charge on any atom is -0.466 e. The van der Waals surface area contributed by atoms with Gasteiger partial charge in [-0.3, -0.25) is 9.48 Å². The third-order valence-electron chi connectivity index (χ3n) is 2.84. The molecule has 5 nitrogen and oxygen atoms in total. The molecule has 0 bridgehead atoms. The van der Waals surface area contributed by atoms with Crippen LogP contribution in [0.5, 0.6) is 0 Å². The van der Waals surface area contributed by atoms with Gasteiger partial charge in [0, 0.05) is 31.3 Å². The maximum absolute atomic E-state index is 13.1. The number of nitrogens with zero attached hydrogens (tertiary/aromatic N) is 3. The molecule has 6 heteroatoms. The predicted molar refractivity (Wildman–Crippen MR) is 71.4 cm³/mol. The maximum atomic E-state index is 13.1. The summed E-state index contributed by atoms with van der Waals surface area (Å²) in [5.74, 6) is -0.772. The Hall–Kier alpha value is -2.24. The summed E-state index contributed by atoms with van der Waals surface area (Å²) in [6, 6.07) is 4.91. The fraction of sp³-hybridized carbons (Fsp3) is 0.357. The van der Waals surface area contributed by atoms with Crippen molar-refractivity contribution in [2.45, 2.75) is 19.8 Å². The number of carbonyl (C=O) groups excluding carboxylic acids is 1. The number of rotatable bonds is 5. The third kappa shape index (κ3) is 3.40. The molecule has 0 fully saturated rings. The van der Waals surface area contributed by atoms with Gasteiger partial charge in [-0.15, -0.1) is 0 Å². The summed E-state index contributed by atoms with van der Waals surface area (Å²) in [7, 11) is 1.78. The topological polar surface area (TPSA) is 57.0 Å². The van der Waals surface area contributed by atoms with Gasteiger partial charge in [0.05, 0.1) is 24.4 Å². The van der Waals surface area contributed by atoms with Gasteiger partial charge in [0.1, 0.15) is 0 Å². The molecule has 0 N–H and O–H groups in total. The standard InChI is InChI=1S/C14H16FN3O2/c1-3-20-14(19)5-4-11-9-12(18(2)17-11)10-6-7-16-13(15)8-10/h6-9H,3-5H2,1-2H3. The van der Waals surface area contributed by atoms with E-state index in [9.17, 15) is 9.18 Å². The minimum atomic E-state index is -0.531. The van der Waals surface area contributed by atoms with E-state index < -0.39 is 5.95 Å². The lowest BCUT2D eigenvalue weighted by atomic mass is 10.1. The second-order valence-electron chi connectivity index (χ2n) is 4.32. The smallest absolute Gasteiger partial charge is 0.306 e. The minimum absolute atomic E-state index is 0.241. The zero-order valence-corrected chi connectivity index (χ0v) is 11.5. The van der Waals surface area contributed by atoms with Crippen molar-refractivity contribution in [3.05, 3.63) is 36.0 Å². The fourth-order valence-electron chi connectivity index (χ4n) is 1.94. The van der Waals surface area contributed by atoms with Crippen LogP contribution >= 0.6 is 0 Å². The van der Waals surface area contributed by atoms with Crippen LogP contribution in [0.4, 0.5) is 4.39 Å². The largest absolute Gasteiger partial charge is 0.466 e. The van der Waals surface area contributed by atoms with Crippen LogP contribution in [0, 0.1) is 5.95 Å². The van der Waals surface area contributed by atoms with Crippen LogP contribution < -0.4 is 0 Å². The van der Waals surface area contributed by atoms with Gasteiger partial charge < -0.3 is 4.74 Å². The van der Waals surface area contributed by atoms with Crippen LogP contribution in [0.1, 0.15) is 19.0 Å². The Balaban J connectivity index is 2.12. The SMILES string of the molecule is CCOC(=O)CCc1cc(-c2ccnc(F)c2)n(C)n1. The first kappa shape index (κ1) is 14.2. The van der Waals surface area contributed by atoms with Gasteiger partial charge in [0.2, 0.25) is 5.95 Å². The molecule has 0 aromatic carbocycles. The van der Waals surface area contributed by atoms with Crippen LogP contribution in [0.2, 0.25) is 0 Å². The van der Waals surface area contributed by atoms with E-state index in [-0.39, 0.29) is 12.4 Å². The lowest BCUT2D eigenvalue weighted by Crippen LogP contribution is -2.05. The number of hydrogen-bond acceptors (Lipinski definition) is 4. The molecular weight excluding hydrogens is 261 g/mol. The van der Waals surface area contributed by atoms with Gasteiger partial charge in [-0.1, -0.05) is 0 Å². The third-order valence-corrected chi connectivity index (χ3v) is 2.84. The molecule has 0 radical (unpaired) electrons. The zero-order chi connectivity index (χ0) is 14.5. The monoisotopic (exact) mass is 277 g/mol. The van der Waals surface area contributed by atoms with Crippen molar-refractivity contribution in [3.8, 4) is 11.3 Å². The fourth-order valence-corrected chi connectivity index (χ4v) is 1.94. The van der Waals surface area contributed by atoms with Gasteiger partial charge in [0.15, 0.2) is 0 Å². The Labute approximate surface area is 116 Å². The van der Waals surface area contributed by atoms with Crippen LogP contribution in [0.25, 0.3) is 11.3 Å². The summed E-state index contributed by atoms with van der Waals surface area (Å²) in [5.41, 5.74) is 2.26. The average Bonchev–Trinajstić information content (AvgIpc) is 2.78. The van der Waals surface area contributed by atoms with Gasteiger partial charge >= 0.3 is 5.97 Å². The Morgan fingerprint density at radius 3 is 2.95 bits per heavy atom. The normalized spacial score (nSPS) is 10.6. The summed E-state index contributed by atoms with van der Waals surface area (Å²) in [6.07, 6.45) is 2.20. The van der Waals surface area contributed by atoms with E-state index in [1.807, 2.05) is 6.07 Å². The van der Waals surface area contributed by atoms with E-state index in [0.29, 0.717) is 18.6 Å². The number of carbonyl (C=O) groups is 1. The van der Waals surface area contributed by atoms with Gasteiger partial charge in [-0.05, 0) is 19.1 Å². The number of aromatic nitrogens is 3. The highest BCUT2D eigenvalue weighted by Crippen LogP contribution is 2.20. The molecule has 2 heterocycles. The van der Waals surface area contributed by atoms with E-state index in [2.05, 4.69) is 10.1 Å². The summed E-state index contributed by atoms with van der Waals surface area (Å²) in [4.78, 5) is 14.8. The van der Waals surface area contributed by atoms with Crippen LogP contribution in [0.3, 0.4) is 0 Å². The van der Waals surface area contributed by atoms with E-state index in [1.54, 1.807) is 24.7 Å². The second kappa shape index (κ2) is 6.27. The molecule has 0 aliphatic rings. The van der Waals surface area contributed by atoms with Crippen molar-refractivity contribution in [1.82, 2.24) is 14.8 Å². The Bertz CT molecular complexity index is 610. The van der Waals surface area contributed by atoms with Crippen molar-refractivity contribution in [2.75, 3.05) is 6.61 Å².